The highest BCUT2D eigenvalue weighted by molar-refractivity contribution is 5.92. The summed E-state index contributed by atoms with van der Waals surface area (Å²) in [7, 11) is 0. The zero-order chi connectivity index (χ0) is 15.6. The van der Waals surface area contributed by atoms with E-state index in [1.165, 1.54) is 4.68 Å². The van der Waals surface area contributed by atoms with E-state index in [-0.39, 0.29) is 5.56 Å². The summed E-state index contributed by atoms with van der Waals surface area (Å²) in [4.78, 5) is 12.7. The average Bonchev–Trinajstić information content (AvgIpc) is 3.11. The van der Waals surface area contributed by atoms with Crippen molar-refractivity contribution in [3.63, 3.8) is 0 Å². The molecule has 6 heteroatoms. The number of nitrogens with zero attached hydrogens (tertiary/aromatic N) is 3. The van der Waals surface area contributed by atoms with Crippen LogP contribution in [0.2, 0.25) is 0 Å². The van der Waals surface area contributed by atoms with Crippen LogP contribution in [0.25, 0.3) is 16.5 Å². The van der Waals surface area contributed by atoms with Gasteiger partial charge in [0.15, 0.2) is 5.82 Å². The predicted octanol–water partition coefficient (Wildman–Crippen LogP) is 2.85. The fraction of sp³-hybridized carbons (Fsp3) is 0. The minimum atomic E-state index is -0.151. The summed E-state index contributed by atoms with van der Waals surface area (Å²) in [6.45, 7) is 0. The largest absolute Gasteiger partial charge is 0.323 e. The lowest BCUT2D eigenvalue weighted by Crippen LogP contribution is -2.22. The third kappa shape index (κ3) is 2.36. The van der Waals surface area contributed by atoms with E-state index in [2.05, 4.69) is 20.6 Å². The maximum atomic E-state index is 12.7. The smallest absolute Gasteiger partial charge is 0.279 e. The normalized spacial score (nSPS) is 10.8. The molecule has 112 valence electrons. The molecule has 0 aliphatic rings. The standard InChI is InChI=1S/C17H13N5O/c23-17-14-9-5-4-8-13(14)16(19-15-10-11-18-20-15)21-22(17)12-6-2-1-3-7-12/h1-11H,(H2,18,19,20,21). The number of rotatable bonds is 3. The Morgan fingerprint density at radius 1 is 0.913 bits per heavy atom. The maximum absolute atomic E-state index is 12.7. The number of hydrogen-bond acceptors (Lipinski definition) is 4. The van der Waals surface area contributed by atoms with E-state index in [4.69, 9.17) is 0 Å². The molecule has 4 aromatic rings. The Bertz CT molecular complexity index is 1010. The van der Waals surface area contributed by atoms with Crippen molar-refractivity contribution in [3.05, 3.63) is 77.2 Å². The minimum absolute atomic E-state index is 0.151. The highest BCUT2D eigenvalue weighted by atomic mass is 16.1. The molecule has 0 unspecified atom stereocenters. The van der Waals surface area contributed by atoms with Gasteiger partial charge in [0.05, 0.1) is 17.3 Å². The summed E-state index contributed by atoms with van der Waals surface area (Å²) in [5.74, 6) is 1.30. The Kier molecular flexibility index (Phi) is 3.12. The van der Waals surface area contributed by atoms with Crippen LogP contribution in [0.15, 0.2) is 71.7 Å². The molecular formula is C17H13N5O. The zero-order valence-electron chi connectivity index (χ0n) is 12.1. The number of fused-ring (bicyclic) bond motifs is 1. The Labute approximate surface area is 131 Å². The van der Waals surface area contributed by atoms with Gasteiger partial charge in [-0.05, 0) is 18.2 Å². The number of nitrogens with one attached hydrogen (secondary N) is 2. The molecule has 23 heavy (non-hydrogen) atoms. The van der Waals surface area contributed by atoms with Crippen molar-refractivity contribution in [2.24, 2.45) is 0 Å². The Morgan fingerprint density at radius 2 is 1.65 bits per heavy atom. The van der Waals surface area contributed by atoms with Crippen molar-refractivity contribution in [2.75, 3.05) is 5.32 Å². The SMILES string of the molecule is O=c1c2ccccc2c(Nc2ccn[nH]2)nn1-c1ccccc1. The first-order valence-electron chi connectivity index (χ1n) is 7.17. The van der Waals surface area contributed by atoms with Crippen molar-refractivity contribution in [3.8, 4) is 5.69 Å². The molecule has 0 aliphatic heterocycles. The summed E-state index contributed by atoms with van der Waals surface area (Å²) in [5, 5.41) is 15.8. The van der Waals surface area contributed by atoms with Crippen LogP contribution < -0.4 is 10.9 Å². The first-order valence-corrected chi connectivity index (χ1v) is 7.17. The van der Waals surface area contributed by atoms with Crippen LogP contribution in [0.1, 0.15) is 0 Å². The zero-order valence-corrected chi connectivity index (χ0v) is 12.1. The van der Waals surface area contributed by atoms with Crippen LogP contribution in [0, 0.1) is 0 Å². The summed E-state index contributed by atoms with van der Waals surface area (Å²) >= 11 is 0. The summed E-state index contributed by atoms with van der Waals surface area (Å²) in [6.07, 6.45) is 1.65. The van der Waals surface area contributed by atoms with Gasteiger partial charge in [-0.25, -0.2) is 0 Å². The van der Waals surface area contributed by atoms with Gasteiger partial charge < -0.3 is 5.32 Å². The highest BCUT2D eigenvalue weighted by Crippen LogP contribution is 2.21. The number of hydrogen-bond donors (Lipinski definition) is 2. The maximum Gasteiger partial charge on any atom is 0.279 e. The molecular weight excluding hydrogens is 290 g/mol. The molecule has 0 saturated heterocycles. The molecule has 0 spiro atoms. The topological polar surface area (TPSA) is 75.6 Å². The Morgan fingerprint density at radius 3 is 2.39 bits per heavy atom. The lowest BCUT2D eigenvalue weighted by atomic mass is 10.2. The second kappa shape index (κ2) is 5.42. The van der Waals surface area contributed by atoms with Crippen LogP contribution >= 0.6 is 0 Å². The Hall–Kier alpha value is -3.41. The van der Waals surface area contributed by atoms with Crippen molar-refractivity contribution < 1.29 is 0 Å². The lowest BCUT2D eigenvalue weighted by molar-refractivity contribution is 0.826. The van der Waals surface area contributed by atoms with Gasteiger partial charge in [0.25, 0.3) is 5.56 Å². The van der Waals surface area contributed by atoms with Crippen molar-refractivity contribution >= 4 is 22.4 Å². The van der Waals surface area contributed by atoms with E-state index in [9.17, 15) is 4.79 Å². The number of benzene rings is 2. The van der Waals surface area contributed by atoms with Crippen LogP contribution in [-0.2, 0) is 0 Å². The predicted molar refractivity (Wildman–Crippen MR) is 89.2 cm³/mol. The van der Waals surface area contributed by atoms with Gasteiger partial charge in [0.2, 0.25) is 0 Å². The van der Waals surface area contributed by atoms with E-state index in [1.54, 1.807) is 18.3 Å². The van der Waals surface area contributed by atoms with E-state index < -0.39 is 0 Å². The van der Waals surface area contributed by atoms with Gasteiger partial charge in [-0.1, -0.05) is 36.4 Å². The average molecular weight is 303 g/mol. The quantitative estimate of drug-likeness (QED) is 0.610. The fourth-order valence-electron chi connectivity index (χ4n) is 2.48. The van der Waals surface area contributed by atoms with Crippen molar-refractivity contribution in [1.29, 1.82) is 0 Å². The summed E-state index contributed by atoms with van der Waals surface area (Å²) in [6, 6.07) is 18.6. The Balaban J connectivity index is 1.98. The molecule has 0 saturated carbocycles. The van der Waals surface area contributed by atoms with Crippen LogP contribution in [-0.4, -0.2) is 20.0 Å². The van der Waals surface area contributed by atoms with Crippen LogP contribution in [0.3, 0.4) is 0 Å². The summed E-state index contributed by atoms with van der Waals surface area (Å²) in [5.41, 5.74) is 0.567. The van der Waals surface area contributed by atoms with Crippen LogP contribution in [0.5, 0.6) is 0 Å². The van der Waals surface area contributed by atoms with Crippen molar-refractivity contribution in [2.45, 2.75) is 0 Å². The van der Waals surface area contributed by atoms with E-state index in [1.807, 2.05) is 48.5 Å². The number of aromatic nitrogens is 4. The van der Waals surface area contributed by atoms with E-state index in [0.717, 1.165) is 11.1 Å². The molecule has 0 amide bonds. The number of para-hydroxylation sites is 1. The molecule has 0 aliphatic carbocycles. The van der Waals surface area contributed by atoms with Gasteiger partial charge >= 0.3 is 0 Å². The van der Waals surface area contributed by atoms with Gasteiger partial charge in [-0.15, -0.1) is 5.10 Å². The molecule has 2 heterocycles. The number of anilines is 2. The number of H-pyrrole nitrogens is 1. The van der Waals surface area contributed by atoms with Gasteiger partial charge in [-0.3, -0.25) is 9.89 Å². The molecule has 2 N–H and O–H groups in total. The van der Waals surface area contributed by atoms with Crippen LogP contribution in [0.4, 0.5) is 11.6 Å². The second-order valence-electron chi connectivity index (χ2n) is 5.04. The van der Waals surface area contributed by atoms with E-state index in [0.29, 0.717) is 17.0 Å². The first-order chi connectivity index (χ1) is 11.3. The molecule has 0 bridgehead atoms. The molecule has 2 aromatic heterocycles. The third-order valence-corrected chi connectivity index (χ3v) is 3.56. The molecule has 6 nitrogen and oxygen atoms in total. The lowest BCUT2D eigenvalue weighted by Gasteiger charge is -2.11. The molecule has 0 atom stereocenters. The van der Waals surface area contributed by atoms with Gasteiger partial charge in [-0.2, -0.15) is 9.78 Å². The molecule has 0 fully saturated rings. The summed E-state index contributed by atoms with van der Waals surface area (Å²) < 4.78 is 1.40. The monoisotopic (exact) mass is 303 g/mol. The fourth-order valence-corrected chi connectivity index (χ4v) is 2.48. The number of aromatic amines is 1. The van der Waals surface area contributed by atoms with Gasteiger partial charge in [0.1, 0.15) is 5.82 Å². The van der Waals surface area contributed by atoms with Gasteiger partial charge in [0, 0.05) is 11.5 Å². The molecule has 2 aromatic carbocycles. The molecule has 4 rings (SSSR count). The first kappa shape index (κ1) is 13.3. The molecule has 0 radical (unpaired) electrons. The highest BCUT2D eigenvalue weighted by Gasteiger charge is 2.11. The minimum Gasteiger partial charge on any atom is -0.323 e. The van der Waals surface area contributed by atoms with E-state index >= 15 is 0 Å². The van der Waals surface area contributed by atoms with Crippen molar-refractivity contribution in [1.82, 2.24) is 20.0 Å². The third-order valence-electron chi connectivity index (χ3n) is 3.56. The second-order valence-corrected chi connectivity index (χ2v) is 5.04.